The van der Waals surface area contributed by atoms with Crippen molar-refractivity contribution in [3.63, 3.8) is 0 Å². The maximum absolute atomic E-state index is 5.43. The fourth-order valence-electron chi connectivity index (χ4n) is 3.42. The highest BCUT2D eigenvalue weighted by molar-refractivity contribution is 7.99. The maximum atomic E-state index is 5.43. The molecule has 0 spiro atoms. The zero-order chi connectivity index (χ0) is 17.1. The van der Waals surface area contributed by atoms with E-state index in [9.17, 15) is 0 Å². The Balaban J connectivity index is 1.46. The fraction of sp³-hybridized carbons (Fsp3) is 0.579. The van der Waals surface area contributed by atoms with E-state index in [1.54, 1.807) is 0 Å². The molecule has 2 aliphatic rings. The lowest BCUT2D eigenvalue weighted by atomic mass is 10.2. The molecule has 25 heavy (non-hydrogen) atoms. The van der Waals surface area contributed by atoms with E-state index < -0.39 is 0 Å². The van der Waals surface area contributed by atoms with Crippen molar-refractivity contribution in [3.8, 4) is 0 Å². The first kappa shape index (κ1) is 17.1. The molecule has 4 rings (SSSR count). The maximum Gasteiger partial charge on any atom is 0.138 e. The second-order valence-electron chi connectivity index (χ2n) is 6.94. The Labute approximate surface area is 153 Å². The molecule has 0 aliphatic carbocycles. The van der Waals surface area contributed by atoms with Crippen LogP contribution in [0.1, 0.15) is 18.7 Å². The number of piperazine rings is 1. The predicted octanol–water partition coefficient (Wildman–Crippen LogP) is 2.79. The number of rotatable bonds is 4. The third-order valence-electron chi connectivity index (χ3n) is 5.10. The second kappa shape index (κ2) is 7.89. The smallest absolute Gasteiger partial charge is 0.138 e. The van der Waals surface area contributed by atoms with E-state index in [1.165, 1.54) is 5.69 Å². The molecular weight excluding hydrogens is 332 g/mol. The largest absolute Gasteiger partial charge is 0.381 e. The summed E-state index contributed by atoms with van der Waals surface area (Å²) >= 11 is 1.97. The molecule has 0 bridgehead atoms. The van der Waals surface area contributed by atoms with Gasteiger partial charge in [-0.05, 0) is 38.1 Å². The van der Waals surface area contributed by atoms with Gasteiger partial charge in [-0.2, -0.15) is 11.8 Å². The summed E-state index contributed by atoms with van der Waals surface area (Å²) in [5.41, 5.74) is 2.34. The van der Waals surface area contributed by atoms with Crippen LogP contribution in [0.25, 0.3) is 10.9 Å². The van der Waals surface area contributed by atoms with Crippen LogP contribution in [0, 0.1) is 0 Å². The molecule has 1 aromatic carbocycles. The van der Waals surface area contributed by atoms with Crippen LogP contribution in [-0.4, -0.2) is 66.6 Å². The minimum atomic E-state index is 0.685. The first-order valence-corrected chi connectivity index (χ1v) is 10.2. The SMILES string of the molecule is CN1CCN(c2ccc3cnc(CSC4CCOCC4)nc3c2)CC1. The van der Waals surface area contributed by atoms with E-state index in [0.717, 1.165) is 74.7 Å². The van der Waals surface area contributed by atoms with Crippen LogP contribution in [0.4, 0.5) is 5.69 Å². The number of ether oxygens (including phenoxy) is 1. The average molecular weight is 359 g/mol. The Hall–Kier alpha value is -1.37. The van der Waals surface area contributed by atoms with Crippen molar-refractivity contribution >= 4 is 28.4 Å². The van der Waals surface area contributed by atoms with Crippen LogP contribution in [0.2, 0.25) is 0 Å². The molecule has 3 heterocycles. The quantitative estimate of drug-likeness (QED) is 0.837. The van der Waals surface area contributed by atoms with Gasteiger partial charge in [-0.3, -0.25) is 0 Å². The highest BCUT2D eigenvalue weighted by Crippen LogP contribution is 2.26. The van der Waals surface area contributed by atoms with Crippen LogP contribution in [-0.2, 0) is 10.5 Å². The Morgan fingerprint density at radius 3 is 2.76 bits per heavy atom. The molecule has 0 N–H and O–H groups in total. The van der Waals surface area contributed by atoms with Crippen LogP contribution < -0.4 is 4.90 Å². The van der Waals surface area contributed by atoms with E-state index in [2.05, 4.69) is 40.0 Å². The summed E-state index contributed by atoms with van der Waals surface area (Å²) in [5.74, 6) is 1.83. The molecule has 0 amide bonds. The topological polar surface area (TPSA) is 41.5 Å². The van der Waals surface area contributed by atoms with E-state index in [0.29, 0.717) is 5.25 Å². The molecule has 2 saturated heterocycles. The van der Waals surface area contributed by atoms with E-state index in [1.807, 2.05) is 18.0 Å². The van der Waals surface area contributed by atoms with E-state index >= 15 is 0 Å². The van der Waals surface area contributed by atoms with Crippen molar-refractivity contribution in [2.24, 2.45) is 0 Å². The number of fused-ring (bicyclic) bond motifs is 1. The van der Waals surface area contributed by atoms with Gasteiger partial charge in [-0.15, -0.1) is 0 Å². The van der Waals surface area contributed by atoms with Crippen molar-refractivity contribution in [1.29, 1.82) is 0 Å². The van der Waals surface area contributed by atoms with Gasteiger partial charge in [0.25, 0.3) is 0 Å². The fourth-order valence-corrected chi connectivity index (χ4v) is 4.47. The third kappa shape index (κ3) is 4.25. The van der Waals surface area contributed by atoms with Crippen LogP contribution >= 0.6 is 11.8 Å². The predicted molar refractivity (Wildman–Crippen MR) is 104 cm³/mol. The zero-order valence-electron chi connectivity index (χ0n) is 14.9. The molecule has 134 valence electrons. The third-order valence-corrected chi connectivity index (χ3v) is 6.47. The number of anilines is 1. The normalized spacial score (nSPS) is 20.3. The average Bonchev–Trinajstić information content (AvgIpc) is 2.67. The second-order valence-corrected chi connectivity index (χ2v) is 8.23. The number of aromatic nitrogens is 2. The van der Waals surface area contributed by atoms with Crippen molar-refractivity contribution in [2.75, 3.05) is 51.3 Å². The molecule has 0 saturated carbocycles. The van der Waals surface area contributed by atoms with Gasteiger partial charge in [0.1, 0.15) is 5.82 Å². The van der Waals surface area contributed by atoms with Gasteiger partial charge in [0.05, 0.1) is 11.3 Å². The number of hydrogen-bond acceptors (Lipinski definition) is 6. The van der Waals surface area contributed by atoms with Gasteiger partial charge >= 0.3 is 0 Å². The first-order valence-electron chi connectivity index (χ1n) is 9.16. The molecule has 2 fully saturated rings. The van der Waals surface area contributed by atoms with Gasteiger partial charge in [-0.25, -0.2) is 9.97 Å². The highest BCUT2D eigenvalue weighted by Gasteiger charge is 2.16. The van der Waals surface area contributed by atoms with Crippen molar-refractivity contribution < 1.29 is 4.74 Å². The van der Waals surface area contributed by atoms with Gasteiger partial charge < -0.3 is 14.5 Å². The Morgan fingerprint density at radius 1 is 1.16 bits per heavy atom. The summed E-state index contributed by atoms with van der Waals surface area (Å²) in [5, 5.41) is 1.81. The van der Waals surface area contributed by atoms with E-state index in [4.69, 9.17) is 9.72 Å². The molecule has 6 heteroatoms. The minimum absolute atomic E-state index is 0.685. The van der Waals surface area contributed by atoms with Crippen LogP contribution in [0.5, 0.6) is 0 Å². The number of benzene rings is 1. The van der Waals surface area contributed by atoms with E-state index in [-0.39, 0.29) is 0 Å². The number of hydrogen-bond donors (Lipinski definition) is 0. The lowest BCUT2D eigenvalue weighted by molar-refractivity contribution is 0.1000. The van der Waals surface area contributed by atoms with Gasteiger partial charge in [0.2, 0.25) is 0 Å². The van der Waals surface area contributed by atoms with Crippen molar-refractivity contribution in [2.45, 2.75) is 23.8 Å². The molecule has 0 atom stereocenters. The molecule has 0 unspecified atom stereocenters. The molecule has 2 aliphatic heterocycles. The Kier molecular flexibility index (Phi) is 5.39. The van der Waals surface area contributed by atoms with Crippen molar-refractivity contribution in [1.82, 2.24) is 14.9 Å². The lowest BCUT2D eigenvalue weighted by Crippen LogP contribution is -2.44. The van der Waals surface area contributed by atoms with Gasteiger partial charge in [0, 0.05) is 61.9 Å². The summed E-state index contributed by atoms with van der Waals surface area (Å²) in [7, 11) is 2.19. The summed E-state index contributed by atoms with van der Waals surface area (Å²) in [6.07, 6.45) is 4.26. The number of likely N-dealkylation sites (N-methyl/N-ethyl adjacent to an activating group) is 1. The Bertz CT molecular complexity index is 712. The zero-order valence-corrected chi connectivity index (χ0v) is 15.7. The summed E-state index contributed by atoms with van der Waals surface area (Å²) in [4.78, 5) is 14.2. The Morgan fingerprint density at radius 2 is 1.96 bits per heavy atom. The van der Waals surface area contributed by atoms with Gasteiger partial charge in [-0.1, -0.05) is 0 Å². The van der Waals surface area contributed by atoms with Crippen molar-refractivity contribution in [3.05, 3.63) is 30.2 Å². The monoisotopic (exact) mass is 358 g/mol. The van der Waals surface area contributed by atoms with Crippen LogP contribution in [0.3, 0.4) is 0 Å². The molecular formula is C19H26N4OS. The minimum Gasteiger partial charge on any atom is -0.381 e. The summed E-state index contributed by atoms with van der Waals surface area (Å²) in [6, 6.07) is 6.58. The molecule has 2 aromatic rings. The standard InChI is InChI=1S/C19H26N4OS/c1-22-6-8-23(9-7-22)16-3-2-15-13-20-19(21-18(15)12-16)14-25-17-4-10-24-11-5-17/h2-3,12-13,17H,4-11,14H2,1H3. The number of thioether (sulfide) groups is 1. The summed E-state index contributed by atoms with van der Waals surface area (Å²) < 4.78 is 5.43. The van der Waals surface area contributed by atoms with Crippen LogP contribution in [0.15, 0.2) is 24.4 Å². The summed E-state index contributed by atoms with van der Waals surface area (Å²) in [6.45, 7) is 6.19. The number of nitrogens with zero attached hydrogens (tertiary/aromatic N) is 4. The lowest BCUT2D eigenvalue weighted by Gasteiger charge is -2.34. The highest BCUT2D eigenvalue weighted by atomic mass is 32.2. The molecule has 5 nitrogen and oxygen atoms in total. The molecule has 0 radical (unpaired) electrons. The first-order chi connectivity index (χ1) is 12.3. The van der Waals surface area contributed by atoms with Gasteiger partial charge in [0.15, 0.2) is 0 Å². The molecule has 1 aromatic heterocycles.